The summed E-state index contributed by atoms with van der Waals surface area (Å²) in [6, 6.07) is 4.90. The number of nitrogens with one attached hydrogen (secondary N) is 1. The third-order valence-electron chi connectivity index (χ3n) is 4.37. The average molecular weight is 340 g/mol. The molecule has 2 atom stereocenters. The van der Waals surface area contributed by atoms with Crippen LogP contribution in [0.5, 0.6) is 0 Å². The van der Waals surface area contributed by atoms with Gasteiger partial charge in [0.2, 0.25) is 0 Å². The summed E-state index contributed by atoms with van der Waals surface area (Å²) in [5.41, 5.74) is 3.73. The van der Waals surface area contributed by atoms with Crippen LogP contribution >= 0.6 is 15.9 Å². The van der Waals surface area contributed by atoms with Crippen molar-refractivity contribution in [3.8, 4) is 0 Å². The Balaban J connectivity index is 1.71. The second-order valence-electron chi connectivity index (χ2n) is 6.09. The molecule has 2 heterocycles. The molecule has 20 heavy (non-hydrogen) atoms. The lowest BCUT2D eigenvalue weighted by Crippen LogP contribution is -2.44. The maximum atomic E-state index is 5.99. The molecule has 3 rings (SSSR count). The third kappa shape index (κ3) is 2.87. The Bertz CT molecular complexity index is 474. The van der Waals surface area contributed by atoms with Crippen LogP contribution in [0.15, 0.2) is 16.6 Å². The first-order chi connectivity index (χ1) is 9.58. The van der Waals surface area contributed by atoms with E-state index in [-0.39, 0.29) is 5.60 Å². The highest BCUT2D eigenvalue weighted by molar-refractivity contribution is 9.10. The topological polar surface area (TPSA) is 30.5 Å². The number of ether oxygens (including phenoxy) is 2. The van der Waals surface area contributed by atoms with Crippen molar-refractivity contribution in [1.29, 1.82) is 0 Å². The Kier molecular flexibility index (Phi) is 4.07. The first-order valence-corrected chi connectivity index (χ1v) is 8.12. The molecule has 0 amide bonds. The van der Waals surface area contributed by atoms with Crippen molar-refractivity contribution in [3.05, 3.63) is 27.7 Å². The van der Waals surface area contributed by atoms with Gasteiger partial charge in [-0.3, -0.25) is 0 Å². The summed E-state index contributed by atoms with van der Waals surface area (Å²) in [5, 5.41) is 3.68. The molecule has 0 aliphatic carbocycles. The summed E-state index contributed by atoms with van der Waals surface area (Å²) in [6.45, 7) is 6.69. The zero-order chi connectivity index (χ0) is 14.2. The van der Waals surface area contributed by atoms with Gasteiger partial charge in [0.25, 0.3) is 0 Å². The largest absolute Gasteiger partial charge is 0.382 e. The molecule has 3 nitrogen and oxygen atoms in total. The number of aryl methyl sites for hydroxylation is 2. The van der Waals surface area contributed by atoms with E-state index < -0.39 is 0 Å². The number of benzene rings is 1. The minimum atomic E-state index is -0.0324. The molecule has 1 N–H and O–H groups in total. The Morgan fingerprint density at radius 1 is 1.25 bits per heavy atom. The fraction of sp³-hybridized carbons (Fsp3) is 0.625. The van der Waals surface area contributed by atoms with Gasteiger partial charge >= 0.3 is 0 Å². The molecule has 4 heteroatoms. The lowest BCUT2D eigenvalue weighted by Gasteiger charge is -2.37. The first-order valence-electron chi connectivity index (χ1n) is 7.33. The number of hydrogen-bond donors (Lipinski definition) is 1. The molecule has 0 aromatic heterocycles. The number of rotatable bonds is 2. The van der Waals surface area contributed by atoms with E-state index in [4.69, 9.17) is 9.47 Å². The van der Waals surface area contributed by atoms with E-state index in [0.717, 1.165) is 39.1 Å². The van der Waals surface area contributed by atoms with Crippen molar-refractivity contribution >= 4 is 21.6 Å². The Labute approximate surface area is 129 Å². The second kappa shape index (κ2) is 5.66. The molecule has 0 radical (unpaired) electrons. The molecule has 2 saturated heterocycles. The Hall–Kier alpha value is -0.580. The van der Waals surface area contributed by atoms with Gasteiger partial charge < -0.3 is 14.8 Å². The van der Waals surface area contributed by atoms with Crippen molar-refractivity contribution in [3.63, 3.8) is 0 Å². The summed E-state index contributed by atoms with van der Waals surface area (Å²) in [6.07, 6.45) is 3.14. The molecule has 0 saturated carbocycles. The minimum absolute atomic E-state index is 0.0324. The third-order valence-corrected chi connectivity index (χ3v) is 5.62. The molecule has 2 fully saturated rings. The van der Waals surface area contributed by atoms with Crippen molar-refractivity contribution in [2.45, 2.75) is 44.8 Å². The van der Waals surface area contributed by atoms with E-state index >= 15 is 0 Å². The predicted octanol–water partition coefficient (Wildman–Crippen LogP) is 3.82. The zero-order valence-electron chi connectivity index (χ0n) is 12.2. The molecule has 0 bridgehead atoms. The van der Waals surface area contributed by atoms with Crippen LogP contribution in [0, 0.1) is 13.8 Å². The Morgan fingerprint density at radius 2 is 2.00 bits per heavy atom. The van der Waals surface area contributed by atoms with Crippen molar-refractivity contribution in [1.82, 2.24) is 0 Å². The van der Waals surface area contributed by atoms with Crippen LogP contribution in [0.4, 0.5) is 5.69 Å². The highest BCUT2D eigenvalue weighted by Gasteiger charge is 2.40. The van der Waals surface area contributed by atoms with E-state index in [1.165, 1.54) is 21.3 Å². The lowest BCUT2D eigenvalue weighted by atomic mass is 9.89. The van der Waals surface area contributed by atoms with Gasteiger partial charge in [-0.05, 0) is 49.9 Å². The Morgan fingerprint density at radius 3 is 2.65 bits per heavy atom. The molecule has 1 aromatic rings. The maximum absolute atomic E-state index is 5.99. The smallest absolute Gasteiger partial charge is 0.0956 e. The molecule has 2 aliphatic rings. The van der Waals surface area contributed by atoms with Crippen molar-refractivity contribution < 1.29 is 9.47 Å². The van der Waals surface area contributed by atoms with Crippen LogP contribution in [0.1, 0.15) is 30.4 Å². The lowest BCUT2D eigenvalue weighted by molar-refractivity contribution is -0.0828. The average Bonchev–Trinajstić information content (AvgIpc) is 2.84. The summed E-state index contributed by atoms with van der Waals surface area (Å²) in [5.74, 6) is 0. The van der Waals surface area contributed by atoms with Crippen molar-refractivity contribution in [2.24, 2.45) is 0 Å². The van der Waals surface area contributed by atoms with Crippen LogP contribution in [0.2, 0.25) is 0 Å². The van der Waals surface area contributed by atoms with Gasteiger partial charge in [0, 0.05) is 35.8 Å². The van der Waals surface area contributed by atoms with Crippen LogP contribution in [-0.2, 0) is 9.47 Å². The zero-order valence-corrected chi connectivity index (χ0v) is 13.8. The highest BCUT2D eigenvalue weighted by Crippen LogP contribution is 2.34. The van der Waals surface area contributed by atoms with Gasteiger partial charge in [-0.25, -0.2) is 0 Å². The molecular weight excluding hydrogens is 318 g/mol. The predicted molar refractivity (Wildman–Crippen MR) is 84.4 cm³/mol. The van der Waals surface area contributed by atoms with E-state index in [9.17, 15) is 0 Å². The summed E-state index contributed by atoms with van der Waals surface area (Å²) in [4.78, 5) is 0. The quantitative estimate of drug-likeness (QED) is 0.888. The van der Waals surface area contributed by atoms with Gasteiger partial charge in [0.1, 0.15) is 0 Å². The van der Waals surface area contributed by atoms with E-state index in [1.54, 1.807) is 0 Å². The molecule has 1 aromatic carbocycles. The first kappa shape index (κ1) is 14.4. The van der Waals surface area contributed by atoms with Gasteiger partial charge in [0.05, 0.1) is 12.2 Å². The van der Waals surface area contributed by atoms with E-state index in [2.05, 4.69) is 47.2 Å². The maximum Gasteiger partial charge on any atom is 0.0956 e. The van der Waals surface area contributed by atoms with Gasteiger partial charge in [-0.1, -0.05) is 15.9 Å². The summed E-state index contributed by atoms with van der Waals surface area (Å²) >= 11 is 3.62. The molecule has 110 valence electrons. The highest BCUT2D eigenvalue weighted by atomic mass is 79.9. The van der Waals surface area contributed by atoms with Crippen LogP contribution in [-0.4, -0.2) is 31.5 Å². The van der Waals surface area contributed by atoms with Gasteiger partial charge in [-0.15, -0.1) is 0 Å². The summed E-state index contributed by atoms with van der Waals surface area (Å²) in [7, 11) is 0. The van der Waals surface area contributed by atoms with Crippen LogP contribution in [0.25, 0.3) is 0 Å². The summed E-state index contributed by atoms with van der Waals surface area (Å²) < 4.78 is 12.7. The monoisotopic (exact) mass is 339 g/mol. The SMILES string of the molecule is Cc1cc(NC2CCOC3(CCOC3)C2)cc(C)c1Br. The van der Waals surface area contributed by atoms with Gasteiger partial charge in [0.15, 0.2) is 0 Å². The fourth-order valence-electron chi connectivity index (χ4n) is 3.28. The molecular formula is C16H22BrNO2. The number of anilines is 1. The van der Waals surface area contributed by atoms with Crippen LogP contribution < -0.4 is 5.32 Å². The van der Waals surface area contributed by atoms with E-state index in [1.807, 2.05) is 0 Å². The molecule has 2 unspecified atom stereocenters. The normalized spacial score (nSPS) is 29.9. The van der Waals surface area contributed by atoms with E-state index in [0.29, 0.717) is 6.04 Å². The standard InChI is InChI=1S/C16H22BrNO2/c1-11-7-14(8-12(2)15(11)17)18-13-3-5-20-16(9-13)4-6-19-10-16/h7-8,13,18H,3-6,9-10H2,1-2H3. The number of halogens is 1. The van der Waals surface area contributed by atoms with Crippen LogP contribution in [0.3, 0.4) is 0 Å². The second-order valence-corrected chi connectivity index (χ2v) is 6.89. The molecule has 2 aliphatic heterocycles. The fourth-order valence-corrected chi connectivity index (χ4v) is 3.51. The van der Waals surface area contributed by atoms with Gasteiger partial charge in [-0.2, -0.15) is 0 Å². The molecule has 1 spiro atoms. The van der Waals surface area contributed by atoms with Crippen molar-refractivity contribution in [2.75, 3.05) is 25.1 Å². The minimum Gasteiger partial charge on any atom is -0.382 e. The number of hydrogen-bond acceptors (Lipinski definition) is 3.